The van der Waals surface area contributed by atoms with Gasteiger partial charge in [0.1, 0.15) is 5.54 Å². The highest BCUT2D eigenvalue weighted by Gasteiger charge is 2.33. The summed E-state index contributed by atoms with van der Waals surface area (Å²) in [5, 5.41) is 12.0. The fourth-order valence-electron chi connectivity index (χ4n) is 2.68. The summed E-state index contributed by atoms with van der Waals surface area (Å²) in [4.78, 5) is 23.6. The van der Waals surface area contributed by atoms with Crippen LogP contribution in [0, 0.1) is 11.3 Å². The third kappa shape index (κ3) is 4.59. The second-order valence-electron chi connectivity index (χ2n) is 5.63. The van der Waals surface area contributed by atoms with Gasteiger partial charge in [-0.15, -0.1) is 0 Å². The van der Waals surface area contributed by atoms with Crippen LogP contribution >= 0.6 is 0 Å². The molecule has 5 heteroatoms. The summed E-state index contributed by atoms with van der Waals surface area (Å²) in [6.07, 6.45) is 4.41. The number of nitrogens with zero attached hydrogens (tertiary/aromatic N) is 1. The lowest BCUT2D eigenvalue weighted by atomic mass is 9.83. The SMILES string of the molecule is N#CC1(NC(=O)COC(=O)Cc2ccccc2)CCCCC1. The second kappa shape index (κ2) is 7.60. The molecule has 0 bridgehead atoms. The normalized spacial score (nSPS) is 16.3. The molecule has 2 rings (SSSR count). The quantitative estimate of drug-likeness (QED) is 0.845. The molecule has 0 aliphatic heterocycles. The molecule has 0 heterocycles. The summed E-state index contributed by atoms with van der Waals surface area (Å²) in [6, 6.07) is 11.4. The van der Waals surface area contributed by atoms with E-state index in [1.54, 1.807) is 0 Å². The van der Waals surface area contributed by atoms with E-state index in [2.05, 4.69) is 11.4 Å². The van der Waals surface area contributed by atoms with E-state index in [1.165, 1.54) is 0 Å². The average Bonchev–Trinajstić information content (AvgIpc) is 2.55. The number of nitrogens with one attached hydrogen (secondary N) is 1. The number of benzene rings is 1. The Morgan fingerprint density at radius 1 is 1.18 bits per heavy atom. The molecule has 22 heavy (non-hydrogen) atoms. The molecule has 1 aliphatic rings. The molecule has 1 saturated carbocycles. The van der Waals surface area contributed by atoms with Crippen LogP contribution in [0.4, 0.5) is 0 Å². The van der Waals surface area contributed by atoms with Crippen molar-refractivity contribution in [2.24, 2.45) is 0 Å². The summed E-state index contributed by atoms with van der Waals surface area (Å²) in [5.74, 6) is -0.860. The van der Waals surface area contributed by atoms with Crippen molar-refractivity contribution in [2.75, 3.05) is 6.61 Å². The van der Waals surface area contributed by atoms with Gasteiger partial charge in [-0.1, -0.05) is 49.6 Å². The van der Waals surface area contributed by atoms with Gasteiger partial charge in [0.15, 0.2) is 6.61 Å². The van der Waals surface area contributed by atoms with Crippen molar-refractivity contribution < 1.29 is 14.3 Å². The van der Waals surface area contributed by atoms with Crippen LogP contribution in [0.5, 0.6) is 0 Å². The molecule has 5 nitrogen and oxygen atoms in total. The average molecular weight is 300 g/mol. The molecule has 1 amide bonds. The van der Waals surface area contributed by atoms with Crippen molar-refractivity contribution in [3.63, 3.8) is 0 Å². The van der Waals surface area contributed by atoms with Gasteiger partial charge in [0, 0.05) is 0 Å². The van der Waals surface area contributed by atoms with Gasteiger partial charge in [-0.3, -0.25) is 9.59 Å². The van der Waals surface area contributed by atoms with Gasteiger partial charge in [-0.05, 0) is 18.4 Å². The van der Waals surface area contributed by atoms with E-state index in [-0.39, 0.29) is 13.0 Å². The molecule has 1 aromatic rings. The smallest absolute Gasteiger partial charge is 0.310 e. The first kappa shape index (κ1) is 16.0. The Morgan fingerprint density at radius 3 is 2.50 bits per heavy atom. The highest BCUT2D eigenvalue weighted by molar-refractivity contribution is 5.82. The van der Waals surface area contributed by atoms with E-state index in [1.807, 2.05) is 30.3 Å². The number of rotatable bonds is 5. The summed E-state index contributed by atoms with van der Waals surface area (Å²) in [5.41, 5.74) is 0.0509. The van der Waals surface area contributed by atoms with Crippen LogP contribution in [0.2, 0.25) is 0 Å². The maximum Gasteiger partial charge on any atom is 0.310 e. The Kier molecular flexibility index (Phi) is 5.54. The lowest BCUT2D eigenvalue weighted by Gasteiger charge is -2.31. The third-order valence-electron chi connectivity index (χ3n) is 3.86. The van der Waals surface area contributed by atoms with Crippen LogP contribution < -0.4 is 5.32 Å². The van der Waals surface area contributed by atoms with Crippen molar-refractivity contribution >= 4 is 11.9 Å². The standard InChI is InChI=1S/C17H20N2O3/c18-13-17(9-5-2-6-10-17)19-15(20)12-22-16(21)11-14-7-3-1-4-8-14/h1,3-4,7-8H,2,5-6,9-12H2,(H,19,20). The summed E-state index contributed by atoms with van der Waals surface area (Å²) >= 11 is 0. The number of esters is 1. The Bertz CT molecular complexity index is 557. The van der Waals surface area contributed by atoms with Crippen LogP contribution in [0.3, 0.4) is 0 Å². The van der Waals surface area contributed by atoms with E-state index < -0.39 is 17.4 Å². The van der Waals surface area contributed by atoms with Crippen LogP contribution in [0.1, 0.15) is 37.7 Å². The first-order valence-electron chi connectivity index (χ1n) is 7.55. The van der Waals surface area contributed by atoms with Crippen LogP contribution in [-0.2, 0) is 20.7 Å². The van der Waals surface area contributed by atoms with E-state index in [9.17, 15) is 14.9 Å². The zero-order chi connectivity index (χ0) is 15.8. The number of nitriles is 1. The zero-order valence-corrected chi connectivity index (χ0v) is 12.5. The number of hydrogen-bond donors (Lipinski definition) is 1. The lowest BCUT2D eigenvalue weighted by molar-refractivity contribution is -0.148. The Morgan fingerprint density at radius 2 is 1.86 bits per heavy atom. The minimum atomic E-state index is -0.791. The maximum absolute atomic E-state index is 11.9. The van der Waals surface area contributed by atoms with E-state index >= 15 is 0 Å². The molecule has 0 radical (unpaired) electrons. The zero-order valence-electron chi connectivity index (χ0n) is 12.5. The number of hydrogen-bond acceptors (Lipinski definition) is 4. The van der Waals surface area contributed by atoms with E-state index in [0.717, 1.165) is 24.8 Å². The van der Waals surface area contributed by atoms with Crippen molar-refractivity contribution in [1.29, 1.82) is 5.26 Å². The van der Waals surface area contributed by atoms with Gasteiger partial charge in [0.25, 0.3) is 5.91 Å². The first-order chi connectivity index (χ1) is 10.6. The molecule has 1 fully saturated rings. The Balaban J connectivity index is 1.77. The highest BCUT2D eigenvalue weighted by atomic mass is 16.5. The fraction of sp³-hybridized carbons (Fsp3) is 0.471. The minimum Gasteiger partial charge on any atom is -0.455 e. The van der Waals surface area contributed by atoms with E-state index in [0.29, 0.717) is 12.8 Å². The van der Waals surface area contributed by atoms with Crippen LogP contribution in [-0.4, -0.2) is 24.0 Å². The second-order valence-corrected chi connectivity index (χ2v) is 5.63. The number of amides is 1. The van der Waals surface area contributed by atoms with Crippen molar-refractivity contribution in [3.05, 3.63) is 35.9 Å². The molecule has 116 valence electrons. The summed E-state index contributed by atoms with van der Waals surface area (Å²) in [7, 11) is 0. The monoisotopic (exact) mass is 300 g/mol. The minimum absolute atomic E-state index is 0.136. The van der Waals surface area contributed by atoms with Crippen LogP contribution in [0.15, 0.2) is 30.3 Å². The fourth-order valence-corrected chi connectivity index (χ4v) is 2.68. The molecule has 1 N–H and O–H groups in total. The Labute approximate surface area is 130 Å². The number of carbonyl (C=O) groups excluding carboxylic acids is 2. The summed E-state index contributed by atoms with van der Waals surface area (Å²) in [6.45, 7) is -0.338. The molecule has 1 aromatic carbocycles. The molecule has 1 aliphatic carbocycles. The maximum atomic E-state index is 11.9. The molecular weight excluding hydrogens is 280 g/mol. The molecule has 0 spiro atoms. The molecule has 0 aromatic heterocycles. The van der Waals surface area contributed by atoms with Gasteiger partial charge >= 0.3 is 5.97 Å². The van der Waals surface area contributed by atoms with Gasteiger partial charge in [0.2, 0.25) is 0 Å². The first-order valence-corrected chi connectivity index (χ1v) is 7.55. The van der Waals surface area contributed by atoms with Gasteiger partial charge < -0.3 is 10.1 Å². The van der Waals surface area contributed by atoms with Crippen molar-refractivity contribution in [3.8, 4) is 6.07 Å². The predicted molar refractivity (Wildman–Crippen MR) is 80.7 cm³/mol. The molecular formula is C17H20N2O3. The van der Waals surface area contributed by atoms with Crippen molar-refractivity contribution in [1.82, 2.24) is 5.32 Å². The molecule has 0 saturated heterocycles. The molecule has 0 unspecified atom stereocenters. The number of ether oxygens (including phenoxy) is 1. The van der Waals surface area contributed by atoms with Crippen LogP contribution in [0.25, 0.3) is 0 Å². The topological polar surface area (TPSA) is 79.2 Å². The largest absolute Gasteiger partial charge is 0.455 e. The van der Waals surface area contributed by atoms with Crippen molar-refractivity contribution in [2.45, 2.75) is 44.1 Å². The summed E-state index contributed by atoms with van der Waals surface area (Å²) < 4.78 is 4.98. The third-order valence-corrected chi connectivity index (χ3v) is 3.86. The van der Waals surface area contributed by atoms with E-state index in [4.69, 9.17) is 4.74 Å². The predicted octanol–water partition coefficient (Wildman–Crippen LogP) is 2.11. The van der Waals surface area contributed by atoms with Gasteiger partial charge in [-0.2, -0.15) is 5.26 Å². The number of carbonyl (C=O) groups is 2. The Hall–Kier alpha value is -2.35. The lowest BCUT2D eigenvalue weighted by Crippen LogP contribution is -2.50. The van der Waals surface area contributed by atoms with Gasteiger partial charge in [-0.25, -0.2) is 0 Å². The molecule has 0 atom stereocenters. The van der Waals surface area contributed by atoms with Gasteiger partial charge in [0.05, 0.1) is 12.5 Å². The highest BCUT2D eigenvalue weighted by Crippen LogP contribution is 2.27.